The lowest BCUT2D eigenvalue weighted by Gasteiger charge is -2.36. The number of hydrogen-bond donors (Lipinski definition) is 1. The Morgan fingerprint density at radius 3 is 2.33 bits per heavy atom. The van der Waals surface area contributed by atoms with Crippen molar-refractivity contribution in [3.8, 4) is 0 Å². The van der Waals surface area contributed by atoms with Crippen molar-refractivity contribution in [3.63, 3.8) is 0 Å². The minimum Gasteiger partial charge on any atom is -0.333 e. The number of anilines is 2. The van der Waals surface area contributed by atoms with Gasteiger partial charge in [0.2, 0.25) is 11.0 Å². The highest BCUT2D eigenvalue weighted by Crippen LogP contribution is 2.31. The number of para-hydroxylation sites is 1. The average molecular weight is 441 g/mol. The molecule has 3 rings (SSSR count). The molecule has 0 aliphatic rings. The number of rotatable bonds is 7. The van der Waals surface area contributed by atoms with Crippen LogP contribution < -0.4 is 5.32 Å². The van der Waals surface area contributed by atoms with Crippen LogP contribution >= 0.6 is 23.1 Å². The Labute approximate surface area is 186 Å². The molecular weight excluding hydrogens is 412 g/mol. The summed E-state index contributed by atoms with van der Waals surface area (Å²) in [7, 11) is 0. The van der Waals surface area contributed by atoms with Crippen molar-refractivity contribution in [3.05, 3.63) is 65.2 Å². The SMILES string of the molecule is Cc1cccc(C)c1Nc1nnc(SCC(=O)N(Cc2ccccc2)C(C)(C)C)s1. The quantitative estimate of drug-likeness (QED) is 0.469. The molecule has 0 unspecified atom stereocenters. The first-order chi connectivity index (χ1) is 14.2. The van der Waals surface area contributed by atoms with Gasteiger partial charge in [0.05, 0.1) is 5.75 Å². The number of amides is 1. The second-order valence-corrected chi connectivity index (χ2v) is 10.4. The number of thioether (sulfide) groups is 1. The van der Waals surface area contributed by atoms with Crippen LogP contribution in [0, 0.1) is 13.8 Å². The van der Waals surface area contributed by atoms with Crippen LogP contribution in [0.25, 0.3) is 0 Å². The van der Waals surface area contributed by atoms with Gasteiger partial charge in [-0.1, -0.05) is 71.6 Å². The maximum absolute atomic E-state index is 13.0. The van der Waals surface area contributed by atoms with Gasteiger partial charge in [-0.15, -0.1) is 10.2 Å². The number of benzene rings is 2. The number of nitrogens with zero attached hydrogens (tertiary/aromatic N) is 3. The summed E-state index contributed by atoms with van der Waals surface area (Å²) in [5.41, 5.74) is 4.25. The van der Waals surface area contributed by atoms with Crippen LogP contribution in [0.1, 0.15) is 37.5 Å². The van der Waals surface area contributed by atoms with E-state index in [1.165, 1.54) is 23.1 Å². The highest BCUT2D eigenvalue weighted by molar-refractivity contribution is 8.01. The monoisotopic (exact) mass is 440 g/mol. The Kier molecular flexibility index (Phi) is 7.15. The molecule has 2 aromatic carbocycles. The lowest BCUT2D eigenvalue weighted by atomic mass is 10.0. The van der Waals surface area contributed by atoms with E-state index in [4.69, 9.17) is 0 Å². The van der Waals surface area contributed by atoms with Gasteiger partial charge < -0.3 is 10.2 Å². The zero-order valence-electron chi connectivity index (χ0n) is 18.1. The molecule has 1 aromatic heterocycles. The predicted molar refractivity (Wildman–Crippen MR) is 127 cm³/mol. The van der Waals surface area contributed by atoms with Crippen molar-refractivity contribution in [2.24, 2.45) is 0 Å². The van der Waals surface area contributed by atoms with Crippen LogP contribution in [0.2, 0.25) is 0 Å². The summed E-state index contributed by atoms with van der Waals surface area (Å²) < 4.78 is 0.783. The molecule has 5 nitrogen and oxygen atoms in total. The van der Waals surface area contributed by atoms with Gasteiger partial charge in [-0.05, 0) is 51.3 Å². The third kappa shape index (κ3) is 5.83. The van der Waals surface area contributed by atoms with Crippen molar-refractivity contribution >= 4 is 39.8 Å². The molecule has 7 heteroatoms. The molecule has 1 heterocycles. The number of carbonyl (C=O) groups excluding carboxylic acids is 1. The van der Waals surface area contributed by atoms with E-state index >= 15 is 0 Å². The Hall–Kier alpha value is -2.38. The first-order valence-electron chi connectivity index (χ1n) is 9.88. The summed E-state index contributed by atoms with van der Waals surface area (Å²) in [6.45, 7) is 10.9. The minimum atomic E-state index is -0.260. The van der Waals surface area contributed by atoms with Crippen LogP contribution in [0.3, 0.4) is 0 Å². The normalized spacial score (nSPS) is 11.4. The Bertz CT molecular complexity index is 976. The zero-order valence-corrected chi connectivity index (χ0v) is 19.7. The number of aromatic nitrogens is 2. The van der Waals surface area contributed by atoms with Crippen LogP contribution in [-0.4, -0.2) is 32.3 Å². The summed E-state index contributed by atoms with van der Waals surface area (Å²) in [6.07, 6.45) is 0. The van der Waals surface area contributed by atoms with Gasteiger partial charge in [0.15, 0.2) is 4.34 Å². The van der Waals surface area contributed by atoms with Gasteiger partial charge in [0.25, 0.3) is 0 Å². The molecule has 0 radical (unpaired) electrons. The summed E-state index contributed by atoms with van der Waals surface area (Å²) in [6, 6.07) is 16.3. The van der Waals surface area contributed by atoms with E-state index in [1.807, 2.05) is 29.2 Å². The van der Waals surface area contributed by atoms with E-state index in [9.17, 15) is 4.79 Å². The van der Waals surface area contributed by atoms with Gasteiger partial charge in [-0.3, -0.25) is 4.79 Å². The highest BCUT2D eigenvalue weighted by atomic mass is 32.2. The fourth-order valence-corrected chi connectivity index (χ4v) is 4.74. The third-order valence-corrected chi connectivity index (χ3v) is 6.69. The van der Waals surface area contributed by atoms with E-state index in [-0.39, 0.29) is 11.4 Å². The standard InChI is InChI=1S/C23H28N4OS2/c1-16-10-9-11-17(2)20(16)24-21-25-26-22(30-21)29-15-19(28)27(23(3,4)5)14-18-12-7-6-8-13-18/h6-13H,14-15H2,1-5H3,(H,24,25). The Morgan fingerprint density at radius 2 is 1.70 bits per heavy atom. The lowest BCUT2D eigenvalue weighted by molar-refractivity contribution is -0.133. The summed E-state index contributed by atoms with van der Waals surface area (Å²) in [4.78, 5) is 14.9. The second-order valence-electron chi connectivity index (χ2n) is 8.19. The van der Waals surface area contributed by atoms with E-state index in [0.29, 0.717) is 12.3 Å². The highest BCUT2D eigenvalue weighted by Gasteiger charge is 2.26. The van der Waals surface area contributed by atoms with Crippen LogP contribution in [0.5, 0.6) is 0 Å². The molecule has 0 saturated heterocycles. The van der Waals surface area contributed by atoms with Crippen LogP contribution in [0.15, 0.2) is 52.9 Å². The fourth-order valence-electron chi connectivity index (χ4n) is 3.10. The van der Waals surface area contributed by atoms with Gasteiger partial charge in [-0.2, -0.15) is 0 Å². The third-order valence-electron chi connectivity index (χ3n) is 4.73. The summed E-state index contributed by atoms with van der Waals surface area (Å²) >= 11 is 2.91. The second kappa shape index (κ2) is 9.62. The van der Waals surface area contributed by atoms with E-state index in [2.05, 4.69) is 74.4 Å². The fraction of sp³-hybridized carbons (Fsp3) is 0.348. The van der Waals surface area contributed by atoms with Crippen molar-refractivity contribution in [2.45, 2.75) is 51.0 Å². The van der Waals surface area contributed by atoms with Crippen molar-refractivity contribution in [1.29, 1.82) is 0 Å². The molecule has 3 aromatic rings. The number of nitrogens with one attached hydrogen (secondary N) is 1. The van der Waals surface area contributed by atoms with Crippen molar-refractivity contribution < 1.29 is 4.79 Å². The van der Waals surface area contributed by atoms with Gasteiger partial charge in [0, 0.05) is 17.8 Å². The van der Waals surface area contributed by atoms with Gasteiger partial charge in [-0.25, -0.2) is 0 Å². The largest absolute Gasteiger partial charge is 0.333 e. The van der Waals surface area contributed by atoms with E-state index in [0.717, 1.165) is 31.8 Å². The number of carbonyl (C=O) groups is 1. The Morgan fingerprint density at radius 1 is 1.03 bits per heavy atom. The van der Waals surface area contributed by atoms with E-state index in [1.54, 1.807) is 0 Å². The predicted octanol–water partition coefficient (Wildman–Crippen LogP) is 5.82. The smallest absolute Gasteiger partial charge is 0.233 e. The maximum atomic E-state index is 13.0. The molecule has 0 aliphatic carbocycles. The topological polar surface area (TPSA) is 58.1 Å². The molecule has 0 bridgehead atoms. The molecule has 158 valence electrons. The van der Waals surface area contributed by atoms with Crippen molar-refractivity contribution in [1.82, 2.24) is 15.1 Å². The number of hydrogen-bond acceptors (Lipinski definition) is 6. The first kappa shape index (κ1) is 22.3. The average Bonchev–Trinajstić information content (AvgIpc) is 3.15. The summed E-state index contributed by atoms with van der Waals surface area (Å²) in [5, 5.41) is 12.6. The molecule has 30 heavy (non-hydrogen) atoms. The summed E-state index contributed by atoms with van der Waals surface area (Å²) in [5.74, 6) is 0.429. The lowest BCUT2D eigenvalue weighted by Crippen LogP contribution is -2.45. The number of aryl methyl sites for hydroxylation is 2. The molecule has 1 N–H and O–H groups in total. The molecule has 0 spiro atoms. The molecule has 0 aliphatic heterocycles. The molecule has 0 fully saturated rings. The maximum Gasteiger partial charge on any atom is 0.233 e. The first-order valence-corrected chi connectivity index (χ1v) is 11.7. The molecular formula is C23H28N4OS2. The minimum absolute atomic E-state index is 0.0933. The Balaban J connectivity index is 1.63. The van der Waals surface area contributed by atoms with Crippen LogP contribution in [-0.2, 0) is 11.3 Å². The zero-order chi connectivity index (χ0) is 21.7. The van der Waals surface area contributed by atoms with Crippen LogP contribution in [0.4, 0.5) is 10.8 Å². The van der Waals surface area contributed by atoms with E-state index < -0.39 is 0 Å². The molecule has 0 saturated carbocycles. The van der Waals surface area contributed by atoms with Gasteiger partial charge >= 0.3 is 0 Å². The molecule has 0 atom stereocenters. The van der Waals surface area contributed by atoms with Gasteiger partial charge in [0.1, 0.15) is 0 Å². The van der Waals surface area contributed by atoms with Crippen molar-refractivity contribution in [2.75, 3.05) is 11.1 Å². The molecule has 1 amide bonds.